The average molecular weight is 234 g/mol. The van der Waals surface area contributed by atoms with Crippen molar-refractivity contribution in [2.75, 3.05) is 25.1 Å². The van der Waals surface area contributed by atoms with E-state index >= 15 is 0 Å². The number of aromatic nitrogens is 2. The standard InChI is InChI=1S/C12H18N4O/c1-2-3-8-17-9-4-6-14-12-11(10-13)5-7-15-16-12/h5,7H,2-4,6,8-9H2,1H3,(H,14,16). The monoisotopic (exact) mass is 234 g/mol. The van der Waals surface area contributed by atoms with Crippen LogP contribution in [0.1, 0.15) is 31.7 Å². The van der Waals surface area contributed by atoms with E-state index in [1.165, 1.54) is 6.20 Å². The van der Waals surface area contributed by atoms with Gasteiger partial charge in [0.15, 0.2) is 5.82 Å². The van der Waals surface area contributed by atoms with Gasteiger partial charge in [-0.1, -0.05) is 13.3 Å². The summed E-state index contributed by atoms with van der Waals surface area (Å²) >= 11 is 0. The maximum Gasteiger partial charge on any atom is 0.166 e. The Morgan fingerprint density at radius 1 is 1.41 bits per heavy atom. The summed E-state index contributed by atoms with van der Waals surface area (Å²) in [5.41, 5.74) is 0.520. The first-order chi connectivity index (χ1) is 8.38. The van der Waals surface area contributed by atoms with E-state index < -0.39 is 0 Å². The van der Waals surface area contributed by atoms with Gasteiger partial charge in [-0.2, -0.15) is 10.4 Å². The third-order valence-electron chi connectivity index (χ3n) is 2.24. The van der Waals surface area contributed by atoms with Gasteiger partial charge in [0, 0.05) is 19.8 Å². The van der Waals surface area contributed by atoms with Crippen molar-refractivity contribution in [1.82, 2.24) is 10.2 Å². The van der Waals surface area contributed by atoms with E-state index in [4.69, 9.17) is 10.00 Å². The SMILES string of the molecule is CCCCOCCCNc1nnccc1C#N. The fourth-order valence-electron chi connectivity index (χ4n) is 1.28. The van der Waals surface area contributed by atoms with Gasteiger partial charge in [-0.25, -0.2) is 0 Å². The lowest BCUT2D eigenvalue weighted by Gasteiger charge is -2.06. The Hall–Kier alpha value is -1.67. The lowest BCUT2D eigenvalue weighted by atomic mass is 10.3. The van der Waals surface area contributed by atoms with Crippen molar-refractivity contribution in [3.05, 3.63) is 17.8 Å². The van der Waals surface area contributed by atoms with E-state index in [2.05, 4.69) is 28.5 Å². The van der Waals surface area contributed by atoms with Gasteiger partial charge in [-0.05, 0) is 18.9 Å². The van der Waals surface area contributed by atoms with E-state index in [1.54, 1.807) is 6.07 Å². The number of unbranched alkanes of at least 4 members (excludes halogenated alkanes) is 1. The highest BCUT2D eigenvalue weighted by Gasteiger charge is 2.01. The predicted molar refractivity (Wildman–Crippen MR) is 65.6 cm³/mol. The fraction of sp³-hybridized carbons (Fsp3) is 0.583. The summed E-state index contributed by atoms with van der Waals surface area (Å²) in [6.07, 6.45) is 4.67. The van der Waals surface area contributed by atoms with Crippen LogP contribution in [0.25, 0.3) is 0 Å². The molecule has 1 rings (SSSR count). The molecule has 0 saturated heterocycles. The molecule has 0 aliphatic heterocycles. The lowest BCUT2D eigenvalue weighted by Crippen LogP contribution is -2.09. The fourth-order valence-corrected chi connectivity index (χ4v) is 1.28. The smallest absolute Gasteiger partial charge is 0.166 e. The van der Waals surface area contributed by atoms with Crippen LogP contribution in [0.2, 0.25) is 0 Å². The normalized spacial score (nSPS) is 9.88. The van der Waals surface area contributed by atoms with Crippen molar-refractivity contribution in [2.24, 2.45) is 0 Å². The molecule has 0 unspecified atom stereocenters. The van der Waals surface area contributed by atoms with Crippen LogP contribution in [-0.4, -0.2) is 30.0 Å². The van der Waals surface area contributed by atoms with Gasteiger partial charge >= 0.3 is 0 Å². The van der Waals surface area contributed by atoms with Gasteiger partial charge in [-0.15, -0.1) is 5.10 Å². The number of ether oxygens (including phenoxy) is 1. The molecule has 5 nitrogen and oxygen atoms in total. The molecule has 1 aromatic rings. The molecule has 1 N–H and O–H groups in total. The molecule has 0 fully saturated rings. The Morgan fingerprint density at radius 3 is 3.00 bits per heavy atom. The first-order valence-electron chi connectivity index (χ1n) is 5.92. The second-order valence-corrected chi connectivity index (χ2v) is 3.65. The molecule has 1 heterocycles. The molecular weight excluding hydrogens is 216 g/mol. The van der Waals surface area contributed by atoms with E-state index in [0.717, 1.165) is 39.0 Å². The van der Waals surface area contributed by atoms with Gasteiger partial charge in [-0.3, -0.25) is 0 Å². The minimum Gasteiger partial charge on any atom is -0.381 e. The summed E-state index contributed by atoms with van der Waals surface area (Å²) in [5, 5.41) is 19.5. The molecule has 0 aliphatic rings. The van der Waals surface area contributed by atoms with Crippen molar-refractivity contribution in [3.8, 4) is 6.07 Å². The van der Waals surface area contributed by atoms with E-state index in [1.807, 2.05) is 0 Å². The van der Waals surface area contributed by atoms with Gasteiger partial charge in [0.25, 0.3) is 0 Å². The quantitative estimate of drug-likeness (QED) is 0.696. The molecule has 0 aromatic carbocycles. The molecule has 0 amide bonds. The maximum atomic E-state index is 8.84. The molecule has 17 heavy (non-hydrogen) atoms. The minimum absolute atomic E-state index is 0.520. The number of anilines is 1. The Morgan fingerprint density at radius 2 is 2.24 bits per heavy atom. The summed E-state index contributed by atoms with van der Waals surface area (Å²) in [6, 6.07) is 3.71. The highest BCUT2D eigenvalue weighted by atomic mass is 16.5. The number of rotatable bonds is 8. The molecular formula is C12H18N4O. The topological polar surface area (TPSA) is 70.8 Å². The maximum absolute atomic E-state index is 8.84. The summed E-state index contributed by atoms with van der Waals surface area (Å²) in [7, 11) is 0. The number of hydrogen-bond donors (Lipinski definition) is 1. The molecule has 92 valence electrons. The molecule has 0 spiro atoms. The summed E-state index contributed by atoms with van der Waals surface area (Å²) < 4.78 is 5.43. The number of hydrogen-bond acceptors (Lipinski definition) is 5. The van der Waals surface area contributed by atoms with Crippen molar-refractivity contribution in [1.29, 1.82) is 5.26 Å². The van der Waals surface area contributed by atoms with Crippen molar-refractivity contribution >= 4 is 5.82 Å². The van der Waals surface area contributed by atoms with Gasteiger partial charge < -0.3 is 10.1 Å². The zero-order valence-corrected chi connectivity index (χ0v) is 10.1. The zero-order chi connectivity index (χ0) is 12.3. The Balaban J connectivity index is 2.16. The molecule has 0 saturated carbocycles. The number of nitriles is 1. The van der Waals surface area contributed by atoms with Crippen LogP contribution in [0.4, 0.5) is 5.82 Å². The molecule has 0 atom stereocenters. The lowest BCUT2D eigenvalue weighted by molar-refractivity contribution is 0.131. The molecule has 0 aliphatic carbocycles. The first kappa shape index (κ1) is 13.4. The third-order valence-corrected chi connectivity index (χ3v) is 2.24. The van der Waals surface area contributed by atoms with Crippen molar-refractivity contribution < 1.29 is 4.74 Å². The van der Waals surface area contributed by atoms with Crippen LogP contribution < -0.4 is 5.32 Å². The first-order valence-corrected chi connectivity index (χ1v) is 5.92. The highest BCUT2D eigenvalue weighted by Crippen LogP contribution is 2.07. The van der Waals surface area contributed by atoms with Crippen LogP contribution in [0, 0.1) is 11.3 Å². The molecule has 1 aromatic heterocycles. The Kier molecular flexibility index (Phi) is 6.68. The van der Waals surface area contributed by atoms with Crippen LogP contribution in [0.3, 0.4) is 0 Å². The van der Waals surface area contributed by atoms with Gasteiger partial charge in [0.1, 0.15) is 6.07 Å². The van der Waals surface area contributed by atoms with Crippen molar-refractivity contribution in [2.45, 2.75) is 26.2 Å². The van der Waals surface area contributed by atoms with Gasteiger partial charge in [0.2, 0.25) is 0 Å². The van der Waals surface area contributed by atoms with Crippen LogP contribution in [0.5, 0.6) is 0 Å². The second kappa shape index (κ2) is 8.48. The zero-order valence-electron chi connectivity index (χ0n) is 10.1. The van der Waals surface area contributed by atoms with E-state index in [9.17, 15) is 0 Å². The summed E-state index contributed by atoms with van der Waals surface area (Å²) in [4.78, 5) is 0. The Labute approximate surface area is 102 Å². The number of nitrogens with zero attached hydrogens (tertiary/aromatic N) is 3. The average Bonchev–Trinajstić information content (AvgIpc) is 2.38. The molecule has 0 bridgehead atoms. The third kappa shape index (κ3) is 5.27. The van der Waals surface area contributed by atoms with Crippen LogP contribution >= 0.6 is 0 Å². The highest BCUT2D eigenvalue weighted by molar-refractivity contribution is 5.49. The predicted octanol–water partition coefficient (Wildman–Crippen LogP) is 1.97. The van der Waals surface area contributed by atoms with Gasteiger partial charge in [0.05, 0.1) is 11.8 Å². The minimum atomic E-state index is 0.520. The largest absolute Gasteiger partial charge is 0.381 e. The van der Waals surface area contributed by atoms with Crippen LogP contribution in [-0.2, 0) is 4.74 Å². The molecule has 5 heteroatoms. The van der Waals surface area contributed by atoms with E-state index in [-0.39, 0.29) is 0 Å². The number of nitrogens with one attached hydrogen (secondary N) is 1. The summed E-state index contributed by atoms with van der Waals surface area (Å²) in [6.45, 7) is 4.43. The second-order valence-electron chi connectivity index (χ2n) is 3.65. The summed E-state index contributed by atoms with van der Waals surface area (Å²) in [5.74, 6) is 0.545. The Bertz CT molecular complexity index is 362. The molecule has 0 radical (unpaired) electrons. The van der Waals surface area contributed by atoms with Crippen molar-refractivity contribution in [3.63, 3.8) is 0 Å². The van der Waals surface area contributed by atoms with E-state index in [0.29, 0.717) is 11.4 Å². The van der Waals surface area contributed by atoms with Crippen LogP contribution in [0.15, 0.2) is 12.3 Å².